The normalized spacial score (nSPS) is 10.8. The molecule has 7 nitrogen and oxygen atoms in total. The summed E-state index contributed by atoms with van der Waals surface area (Å²) in [4.78, 5) is 23.2. The Morgan fingerprint density at radius 2 is 1.93 bits per heavy atom. The molecule has 0 bridgehead atoms. The van der Waals surface area contributed by atoms with Crippen LogP contribution < -0.4 is 10.2 Å². The second-order valence-corrected chi connectivity index (χ2v) is 6.43. The van der Waals surface area contributed by atoms with E-state index in [1.165, 1.54) is 18.3 Å². The van der Waals surface area contributed by atoms with Crippen LogP contribution in [0.25, 0.3) is 11.3 Å². The van der Waals surface area contributed by atoms with Crippen LogP contribution in [0.3, 0.4) is 0 Å². The lowest BCUT2D eigenvalue weighted by molar-refractivity contribution is -0.120. The van der Waals surface area contributed by atoms with Crippen molar-refractivity contribution in [3.05, 3.63) is 76.5 Å². The summed E-state index contributed by atoms with van der Waals surface area (Å²) < 4.78 is 10.7. The van der Waals surface area contributed by atoms with Crippen LogP contribution in [-0.2, 0) is 11.2 Å². The van der Waals surface area contributed by atoms with Gasteiger partial charge in [-0.15, -0.1) is 0 Å². The molecule has 0 aliphatic rings. The van der Waals surface area contributed by atoms with Gasteiger partial charge in [-0.25, -0.2) is 10.2 Å². The molecule has 0 unspecified atom stereocenters. The van der Waals surface area contributed by atoms with Gasteiger partial charge >= 0.3 is 5.97 Å². The van der Waals surface area contributed by atoms with Gasteiger partial charge in [0.15, 0.2) is 0 Å². The number of nitrogens with one attached hydrogen (secondary N) is 1. The molecule has 2 N–H and O–H groups in total. The molecule has 0 saturated carbocycles. The number of furan rings is 1. The highest BCUT2D eigenvalue weighted by atomic mass is 35.5. The monoisotopic (exact) mass is 412 g/mol. The Morgan fingerprint density at radius 1 is 1.17 bits per heavy atom. The third-order valence-corrected chi connectivity index (χ3v) is 4.34. The quantitative estimate of drug-likeness (QED) is 0.451. The molecule has 148 valence electrons. The van der Waals surface area contributed by atoms with Crippen LogP contribution in [0.5, 0.6) is 5.75 Å². The van der Waals surface area contributed by atoms with Gasteiger partial charge in [-0.05, 0) is 48.0 Å². The molecule has 1 amide bonds. The minimum absolute atomic E-state index is 0.0124. The highest BCUT2D eigenvalue weighted by Crippen LogP contribution is 2.26. The molecule has 29 heavy (non-hydrogen) atoms. The number of ether oxygens (including phenoxy) is 1. The first-order chi connectivity index (χ1) is 14.0. The van der Waals surface area contributed by atoms with Gasteiger partial charge in [-0.2, -0.15) is 5.10 Å². The van der Waals surface area contributed by atoms with E-state index < -0.39 is 5.97 Å². The van der Waals surface area contributed by atoms with E-state index in [2.05, 4.69) is 10.5 Å². The third-order valence-electron chi connectivity index (χ3n) is 4.01. The lowest BCUT2D eigenvalue weighted by Crippen LogP contribution is -2.19. The number of amides is 1. The van der Waals surface area contributed by atoms with Gasteiger partial charge in [0.1, 0.15) is 17.3 Å². The summed E-state index contributed by atoms with van der Waals surface area (Å²) in [7, 11) is 1.58. The van der Waals surface area contributed by atoms with Gasteiger partial charge < -0.3 is 14.3 Å². The summed E-state index contributed by atoms with van der Waals surface area (Å²) in [5.74, 6) is 0.176. The van der Waals surface area contributed by atoms with Crippen molar-refractivity contribution in [1.82, 2.24) is 5.43 Å². The molecule has 0 saturated heterocycles. The molecule has 0 radical (unpaired) electrons. The molecule has 0 aliphatic carbocycles. The van der Waals surface area contributed by atoms with Crippen molar-refractivity contribution in [3.8, 4) is 17.1 Å². The van der Waals surface area contributed by atoms with Crippen LogP contribution >= 0.6 is 11.6 Å². The maximum absolute atomic E-state index is 12.0. The second-order valence-electron chi connectivity index (χ2n) is 6.02. The fourth-order valence-corrected chi connectivity index (χ4v) is 2.75. The van der Waals surface area contributed by atoms with Crippen LogP contribution in [0.1, 0.15) is 21.7 Å². The Kier molecular flexibility index (Phi) is 6.31. The van der Waals surface area contributed by atoms with Crippen molar-refractivity contribution >= 4 is 29.7 Å². The van der Waals surface area contributed by atoms with E-state index in [1.807, 2.05) is 0 Å². The maximum atomic E-state index is 12.0. The number of nitrogens with zero attached hydrogens (tertiary/aromatic N) is 1. The van der Waals surface area contributed by atoms with E-state index in [9.17, 15) is 9.59 Å². The summed E-state index contributed by atoms with van der Waals surface area (Å²) in [6.45, 7) is 0. The number of hydrazone groups is 1. The topological polar surface area (TPSA) is 101 Å². The fraction of sp³-hybridized carbons (Fsp3) is 0.0952. The number of aromatic carboxylic acids is 1. The van der Waals surface area contributed by atoms with Crippen molar-refractivity contribution in [2.75, 3.05) is 7.11 Å². The molecular weight excluding hydrogens is 396 g/mol. The molecule has 3 aromatic rings. The Hall–Kier alpha value is -3.58. The summed E-state index contributed by atoms with van der Waals surface area (Å²) in [5, 5.41) is 13.2. The zero-order chi connectivity index (χ0) is 20.8. The molecule has 0 spiro atoms. The summed E-state index contributed by atoms with van der Waals surface area (Å²) in [6, 6.07) is 15.1. The van der Waals surface area contributed by atoms with Gasteiger partial charge in [0, 0.05) is 5.56 Å². The molecule has 1 aromatic heterocycles. The van der Waals surface area contributed by atoms with E-state index in [0.29, 0.717) is 17.1 Å². The smallest absolute Gasteiger partial charge is 0.337 e. The number of hydrogen-bond acceptors (Lipinski definition) is 5. The van der Waals surface area contributed by atoms with E-state index in [4.69, 9.17) is 25.9 Å². The number of carbonyl (C=O) groups is 2. The average molecular weight is 413 g/mol. The number of rotatable bonds is 7. The van der Waals surface area contributed by atoms with Crippen molar-refractivity contribution in [2.45, 2.75) is 6.42 Å². The van der Waals surface area contributed by atoms with E-state index in [0.717, 1.165) is 11.3 Å². The minimum Gasteiger partial charge on any atom is -0.497 e. The van der Waals surface area contributed by atoms with E-state index in [1.54, 1.807) is 49.6 Å². The lowest BCUT2D eigenvalue weighted by Gasteiger charge is -2.02. The number of carboxylic acid groups (broad SMARTS) is 1. The van der Waals surface area contributed by atoms with Crippen molar-refractivity contribution < 1.29 is 23.8 Å². The number of methoxy groups -OCH3 is 1. The summed E-state index contributed by atoms with van der Waals surface area (Å²) in [6.07, 6.45) is 1.54. The lowest BCUT2D eigenvalue weighted by atomic mass is 10.1. The molecule has 0 fully saturated rings. The van der Waals surface area contributed by atoms with E-state index >= 15 is 0 Å². The highest BCUT2D eigenvalue weighted by Gasteiger charge is 2.12. The maximum Gasteiger partial charge on any atom is 0.337 e. The van der Waals surface area contributed by atoms with Crippen LogP contribution in [0.15, 0.2) is 64.1 Å². The van der Waals surface area contributed by atoms with Gasteiger partial charge in [0.05, 0.1) is 30.3 Å². The van der Waals surface area contributed by atoms with Crippen molar-refractivity contribution in [3.63, 3.8) is 0 Å². The third kappa shape index (κ3) is 5.24. The van der Waals surface area contributed by atoms with Crippen LogP contribution in [0.2, 0.25) is 5.02 Å². The fourth-order valence-electron chi connectivity index (χ4n) is 2.56. The number of hydrogen-bond donors (Lipinski definition) is 2. The highest BCUT2D eigenvalue weighted by molar-refractivity contribution is 6.33. The summed E-state index contributed by atoms with van der Waals surface area (Å²) >= 11 is 5.88. The van der Waals surface area contributed by atoms with Gasteiger partial charge in [-0.1, -0.05) is 23.7 Å². The van der Waals surface area contributed by atoms with Gasteiger partial charge in [-0.3, -0.25) is 4.79 Å². The summed E-state index contributed by atoms with van der Waals surface area (Å²) in [5.41, 5.74) is 3.81. The number of halogens is 1. The average Bonchev–Trinajstić information content (AvgIpc) is 3.17. The Morgan fingerprint density at radius 3 is 2.62 bits per heavy atom. The Labute approximate surface area is 171 Å². The Bertz CT molecular complexity index is 1060. The molecular formula is C21H17ClN2O5. The van der Waals surface area contributed by atoms with Crippen molar-refractivity contribution in [1.29, 1.82) is 0 Å². The van der Waals surface area contributed by atoms with Crippen molar-refractivity contribution in [2.24, 2.45) is 5.10 Å². The number of benzene rings is 2. The first kappa shape index (κ1) is 20.2. The van der Waals surface area contributed by atoms with Gasteiger partial charge in [0.2, 0.25) is 5.91 Å². The molecule has 3 rings (SSSR count). The SMILES string of the molecule is COc1ccc(CC(=O)N/N=C/c2ccc(-c3ccc(Cl)c(C(=O)O)c3)o2)cc1. The van der Waals surface area contributed by atoms with Crippen LogP contribution in [0, 0.1) is 0 Å². The first-order valence-electron chi connectivity index (χ1n) is 8.54. The molecule has 1 heterocycles. The zero-order valence-electron chi connectivity index (χ0n) is 15.4. The molecule has 0 aliphatic heterocycles. The number of carboxylic acids is 1. The minimum atomic E-state index is -1.12. The van der Waals surface area contributed by atoms with E-state index in [-0.39, 0.29) is 22.9 Å². The number of carbonyl (C=O) groups excluding carboxylic acids is 1. The standard InChI is InChI=1S/C21H17ClN2O5/c1-28-15-5-2-13(3-6-15)10-20(25)24-23-12-16-7-9-19(29-16)14-4-8-18(22)17(11-14)21(26)27/h2-9,11-12H,10H2,1H3,(H,24,25)(H,26,27)/b23-12+. The largest absolute Gasteiger partial charge is 0.497 e. The Balaban J connectivity index is 1.61. The predicted octanol–water partition coefficient (Wildman–Crippen LogP) is 4.00. The molecule has 8 heteroatoms. The van der Waals surface area contributed by atoms with Gasteiger partial charge in [0.25, 0.3) is 0 Å². The second kappa shape index (κ2) is 9.07. The zero-order valence-corrected chi connectivity index (χ0v) is 16.1. The molecule has 2 aromatic carbocycles. The predicted molar refractivity (Wildman–Crippen MR) is 109 cm³/mol. The molecule has 0 atom stereocenters. The van der Waals surface area contributed by atoms with Crippen LogP contribution in [-0.4, -0.2) is 30.3 Å². The van der Waals surface area contributed by atoms with Crippen LogP contribution in [0.4, 0.5) is 0 Å². The first-order valence-corrected chi connectivity index (χ1v) is 8.92.